The van der Waals surface area contributed by atoms with Gasteiger partial charge in [-0.25, -0.2) is 23.1 Å². The quantitative estimate of drug-likeness (QED) is 0.808. The molecular weight excluding hydrogens is 293 g/mol. The second-order valence-electron chi connectivity index (χ2n) is 4.12. The molecule has 2 rings (SSSR count). The van der Waals surface area contributed by atoms with Crippen LogP contribution in [-0.4, -0.2) is 16.3 Å². The van der Waals surface area contributed by atoms with Crippen molar-refractivity contribution in [2.75, 3.05) is 0 Å². The summed E-state index contributed by atoms with van der Waals surface area (Å²) in [6, 6.07) is 3.20. The van der Waals surface area contributed by atoms with E-state index in [1.807, 2.05) is 0 Å². The van der Waals surface area contributed by atoms with Gasteiger partial charge >= 0.3 is 0 Å². The first kappa shape index (κ1) is 14.5. The van der Waals surface area contributed by atoms with Crippen LogP contribution in [0.1, 0.15) is 23.0 Å². The fourth-order valence-corrected chi connectivity index (χ4v) is 1.90. The highest BCUT2D eigenvalue weighted by molar-refractivity contribution is 6.31. The van der Waals surface area contributed by atoms with Gasteiger partial charge in [-0.05, 0) is 12.1 Å². The molecule has 3 nitrogen and oxygen atoms in total. The maximum absolute atomic E-state index is 14.1. The SMILES string of the molecule is CC(F)(F)c1ccc(Cl)c(F)c1-c1cc(C=O)ncn1. The summed E-state index contributed by atoms with van der Waals surface area (Å²) < 4.78 is 41.2. The van der Waals surface area contributed by atoms with E-state index in [0.717, 1.165) is 24.5 Å². The Morgan fingerprint density at radius 2 is 2.00 bits per heavy atom. The number of halogens is 4. The fraction of sp³-hybridized carbons (Fsp3) is 0.154. The van der Waals surface area contributed by atoms with Gasteiger partial charge in [0.25, 0.3) is 5.92 Å². The van der Waals surface area contributed by atoms with Gasteiger partial charge in [0.15, 0.2) is 12.1 Å². The third kappa shape index (κ3) is 2.65. The molecule has 7 heteroatoms. The number of benzene rings is 1. The van der Waals surface area contributed by atoms with Gasteiger partial charge in [0.2, 0.25) is 0 Å². The molecule has 0 N–H and O–H groups in total. The molecule has 0 spiro atoms. The van der Waals surface area contributed by atoms with Crippen molar-refractivity contribution in [3.8, 4) is 11.3 Å². The average Bonchev–Trinajstić information content (AvgIpc) is 2.40. The third-order valence-electron chi connectivity index (χ3n) is 2.63. The Balaban J connectivity index is 2.77. The maximum atomic E-state index is 14.1. The number of carbonyl (C=O) groups excluding carboxylic acids is 1. The van der Waals surface area contributed by atoms with Crippen molar-refractivity contribution in [1.82, 2.24) is 9.97 Å². The van der Waals surface area contributed by atoms with Crippen LogP contribution in [-0.2, 0) is 5.92 Å². The molecule has 1 aromatic carbocycles. The van der Waals surface area contributed by atoms with Crippen LogP contribution in [0.3, 0.4) is 0 Å². The first-order valence-corrected chi connectivity index (χ1v) is 5.86. The van der Waals surface area contributed by atoms with Crippen LogP contribution >= 0.6 is 11.6 Å². The average molecular weight is 301 g/mol. The number of rotatable bonds is 3. The van der Waals surface area contributed by atoms with Gasteiger partial charge in [0.1, 0.15) is 12.0 Å². The van der Waals surface area contributed by atoms with E-state index in [2.05, 4.69) is 9.97 Å². The van der Waals surface area contributed by atoms with Crippen LogP contribution in [0.15, 0.2) is 24.5 Å². The number of alkyl halides is 2. The van der Waals surface area contributed by atoms with E-state index in [1.165, 1.54) is 0 Å². The maximum Gasteiger partial charge on any atom is 0.271 e. The lowest BCUT2D eigenvalue weighted by atomic mass is 9.98. The Labute approximate surface area is 117 Å². The third-order valence-corrected chi connectivity index (χ3v) is 2.92. The molecule has 0 unspecified atom stereocenters. The number of carbonyl (C=O) groups is 1. The van der Waals surface area contributed by atoms with E-state index in [9.17, 15) is 18.0 Å². The molecule has 1 aromatic heterocycles. The van der Waals surface area contributed by atoms with Crippen LogP contribution in [0.2, 0.25) is 5.02 Å². The minimum Gasteiger partial charge on any atom is -0.296 e. The Bertz CT molecular complexity index is 671. The molecule has 0 radical (unpaired) electrons. The van der Waals surface area contributed by atoms with Gasteiger partial charge in [-0.1, -0.05) is 17.7 Å². The molecule has 104 valence electrons. The number of hydrogen-bond donors (Lipinski definition) is 0. The van der Waals surface area contributed by atoms with Crippen molar-refractivity contribution in [2.45, 2.75) is 12.8 Å². The zero-order chi connectivity index (χ0) is 14.9. The van der Waals surface area contributed by atoms with Crippen molar-refractivity contribution < 1.29 is 18.0 Å². The van der Waals surface area contributed by atoms with Crippen molar-refractivity contribution in [1.29, 1.82) is 0 Å². The van der Waals surface area contributed by atoms with Crippen LogP contribution in [0.5, 0.6) is 0 Å². The van der Waals surface area contributed by atoms with Gasteiger partial charge in [-0.3, -0.25) is 4.79 Å². The molecule has 0 saturated heterocycles. The molecule has 0 aliphatic rings. The first-order valence-electron chi connectivity index (χ1n) is 5.48. The van der Waals surface area contributed by atoms with E-state index >= 15 is 0 Å². The lowest BCUT2D eigenvalue weighted by molar-refractivity contribution is 0.0178. The zero-order valence-corrected chi connectivity index (χ0v) is 11.0. The van der Waals surface area contributed by atoms with E-state index in [4.69, 9.17) is 11.6 Å². The highest BCUT2D eigenvalue weighted by Gasteiger charge is 2.31. The lowest BCUT2D eigenvalue weighted by Gasteiger charge is -2.16. The van der Waals surface area contributed by atoms with Crippen molar-refractivity contribution in [3.05, 3.63) is 46.6 Å². The van der Waals surface area contributed by atoms with E-state index in [1.54, 1.807) is 0 Å². The summed E-state index contributed by atoms with van der Waals surface area (Å²) in [4.78, 5) is 18.0. The number of aldehydes is 1. The molecule has 0 saturated carbocycles. The Morgan fingerprint density at radius 1 is 1.30 bits per heavy atom. The Morgan fingerprint density at radius 3 is 2.60 bits per heavy atom. The van der Waals surface area contributed by atoms with Gasteiger partial charge in [-0.15, -0.1) is 0 Å². The van der Waals surface area contributed by atoms with Gasteiger partial charge in [0, 0.05) is 18.1 Å². The first-order chi connectivity index (χ1) is 9.34. The zero-order valence-electron chi connectivity index (χ0n) is 10.2. The van der Waals surface area contributed by atoms with Crippen LogP contribution in [0.4, 0.5) is 13.2 Å². The fourth-order valence-electron chi connectivity index (χ4n) is 1.74. The minimum atomic E-state index is -3.28. The lowest BCUT2D eigenvalue weighted by Crippen LogP contribution is -2.11. The molecule has 20 heavy (non-hydrogen) atoms. The highest BCUT2D eigenvalue weighted by atomic mass is 35.5. The molecular formula is C13H8ClF3N2O. The standard InChI is InChI=1S/C13H8ClF3N2O/c1-13(16,17)8-2-3-9(14)12(15)11(8)10-4-7(5-20)18-6-19-10/h2-6H,1H3. The van der Waals surface area contributed by atoms with E-state index < -0.39 is 22.9 Å². The van der Waals surface area contributed by atoms with E-state index in [0.29, 0.717) is 13.2 Å². The molecule has 0 amide bonds. The predicted octanol–water partition coefficient (Wildman–Crippen LogP) is 3.86. The van der Waals surface area contributed by atoms with Gasteiger partial charge < -0.3 is 0 Å². The summed E-state index contributed by atoms with van der Waals surface area (Å²) >= 11 is 5.63. The predicted molar refractivity (Wildman–Crippen MR) is 67.4 cm³/mol. The summed E-state index contributed by atoms with van der Waals surface area (Å²) in [5.41, 5.74) is -1.16. The summed E-state index contributed by atoms with van der Waals surface area (Å²) in [6.45, 7) is 0.640. The largest absolute Gasteiger partial charge is 0.296 e. The summed E-state index contributed by atoms with van der Waals surface area (Å²) in [5, 5.41) is -0.306. The Kier molecular flexibility index (Phi) is 3.76. The molecule has 0 aliphatic heterocycles. The molecule has 0 atom stereocenters. The minimum absolute atomic E-state index is 0.0419. The van der Waals surface area contributed by atoms with Gasteiger partial charge in [-0.2, -0.15) is 0 Å². The number of nitrogens with zero attached hydrogens (tertiary/aromatic N) is 2. The second-order valence-corrected chi connectivity index (χ2v) is 4.53. The molecule has 2 aromatic rings. The molecule has 0 fully saturated rings. The summed E-state index contributed by atoms with van der Waals surface area (Å²) in [5.74, 6) is -4.30. The van der Waals surface area contributed by atoms with Crippen LogP contribution in [0.25, 0.3) is 11.3 Å². The topological polar surface area (TPSA) is 42.9 Å². The highest BCUT2D eigenvalue weighted by Crippen LogP contribution is 2.38. The molecule has 1 heterocycles. The molecule has 0 bridgehead atoms. The summed E-state index contributed by atoms with van der Waals surface area (Å²) in [7, 11) is 0. The number of aromatic nitrogens is 2. The smallest absolute Gasteiger partial charge is 0.271 e. The summed E-state index contributed by atoms with van der Waals surface area (Å²) in [6.07, 6.45) is 1.41. The normalized spacial score (nSPS) is 11.4. The monoisotopic (exact) mass is 300 g/mol. The van der Waals surface area contributed by atoms with Crippen molar-refractivity contribution in [2.24, 2.45) is 0 Å². The Hall–Kier alpha value is -1.95. The van der Waals surface area contributed by atoms with Crippen molar-refractivity contribution >= 4 is 17.9 Å². The van der Waals surface area contributed by atoms with Gasteiger partial charge in [0.05, 0.1) is 10.7 Å². The van der Waals surface area contributed by atoms with Crippen LogP contribution < -0.4 is 0 Å². The van der Waals surface area contributed by atoms with E-state index in [-0.39, 0.29) is 16.4 Å². The second kappa shape index (κ2) is 5.20. The van der Waals surface area contributed by atoms with Crippen LogP contribution in [0, 0.1) is 5.82 Å². The molecule has 0 aliphatic carbocycles. The number of hydrogen-bond acceptors (Lipinski definition) is 3. The van der Waals surface area contributed by atoms with Crippen molar-refractivity contribution in [3.63, 3.8) is 0 Å².